The minimum atomic E-state index is -0.118. The molecule has 1 aromatic heterocycles. The van der Waals surface area contributed by atoms with Crippen LogP contribution in [0, 0.1) is 0 Å². The van der Waals surface area contributed by atoms with E-state index in [1.165, 1.54) is 6.92 Å². The normalized spacial score (nSPS) is 9.38. The Bertz CT molecular complexity index is 299. The van der Waals surface area contributed by atoms with Crippen molar-refractivity contribution >= 4 is 11.6 Å². The van der Waals surface area contributed by atoms with E-state index in [0.29, 0.717) is 18.0 Å². The van der Waals surface area contributed by atoms with Gasteiger partial charge in [-0.25, -0.2) is 0 Å². The third kappa shape index (κ3) is 2.74. The van der Waals surface area contributed by atoms with Gasteiger partial charge in [-0.1, -0.05) is 0 Å². The van der Waals surface area contributed by atoms with E-state index in [1.807, 2.05) is 6.92 Å². The van der Waals surface area contributed by atoms with Crippen molar-refractivity contribution < 1.29 is 9.53 Å². The fraction of sp³-hybridized carbons (Fsp3) is 0.333. The van der Waals surface area contributed by atoms with Crippen molar-refractivity contribution in [3.05, 3.63) is 18.5 Å². The number of amides is 1. The molecule has 0 aliphatic heterocycles. The monoisotopic (exact) mass is 180 g/mol. The second kappa shape index (κ2) is 4.45. The third-order valence-corrected chi connectivity index (χ3v) is 1.40. The summed E-state index contributed by atoms with van der Waals surface area (Å²) in [5.41, 5.74) is 0.657. The summed E-state index contributed by atoms with van der Waals surface area (Å²) in [5, 5.41) is 2.65. The molecule has 0 fully saturated rings. The van der Waals surface area contributed by atoms with Crippen LogP contribution in [0.2, 0.25) is 0 Å². The second-order valence-corrected chi connectivity index (χ2v) is 2.49. The summed E-state index contributed by atoms with van der Waals surface area (Å²) < 4.78 is 5.26. The predicted octanol–water partition coefficient (Wildman–Crippen LogP) is 1.44. The van der Waals surface area contributed by atoms with Gasteiger partial charge in [-0.2, -0.15) is 0 Å². The third-order valence-electron chi connectivity index (χ3n) is 1.40. The fourth-order valence-corrected chi connectivity index (χ4v) is 0.943. The number of hydrogen-bond acceptors (Lipinski definition) is 3. The number of nitrogens with zero attached hydrogens (tertiary/aromatic N) is 1. The van der Waals surface area contributed by atoms with Crippen molar-refractivity contribution in [2.45, 2.75) is 13.8 Å². The predicted molar refractivity (Wildman–Crippen MR) is 49.7 cm³/mol. The lowest BCUT2D eigenvalue weighted by atomic mass is 10.3. The van der Waals surface area contributed by atoms with Crippen molar-refractivity contribution in [3.8, 4) is 5.75 Å². The van der Waals surface area contributed by atoms with Crippen molar-refractivity contribution in [2.24, 2.45) is 0 Å². The molecule has 0 saturated carbocycles. The molecule has 1 N–H and O–H groups in total. The molecule has 13 heavy (non-hydrogen) atoms. The van der Waals surface area contributed by atoms with Crippen LogP contribution in [0.5, 0.6) is 5.75 Å². The number of aromatic nitrogens is 1. The molecular weight excluding hydrogens is 168 g/mol. The Morgan fingerprint density at radius 1 is 1.69 bits per heavy atom. The number of carbonyl (C=O) groups is 1. The van der Waals surface area contributed by atoms with Crippen molar-refractivity contribution in [1.82, 2.24) is 4.98 Å². The first-order valence-electron chi connectivity index (χ1n) is 4.08. The van der Waals surface area contributed by atoms with Gasteiger partial charge in [0, 0.05) is 13.1 Å². The lowest BCUT2D eigenvalue weighted by molar-refractivity contribution is -0.114. The van der Waals surface area contributed by atoms with Gasteiger partial charge >= 0.3 is 0 Å². The van der Waals surface area contributed by atoms with Crippen LogP contribution in [0.25, 0.3) is 0 Å². The van der Waals surface area contributed by atoms with Gasteiger partial charge in [0.15, 0.2) is 5.75 Å². The van der Waals surface area contributed by atoms with E-state index in [2.05, 4.69) is 10.3 Å². The van der Waals surface area contributed by atoms with Crippen LogP contribution in [0.15, 0.2) is 18.5 Å². The van der Waals surface area contributed by atoms with Crippen LogP contribution < -0.4 is 10.1 Å². The molecule has 0 bridgehead atoms. The topological polar surface area (TPSA) is 51.2 Å². The number of carbonyl (C=O) groups excluding carboxylic acids is 1. The number of ether oxygens (including phenoxy) is 1. The average molecular weight is 180 g/mol. The van der Waals surface area contributed by atoms with Crippen molar-refractivity contribution in [3.63, 3.8) is 0 Å². The van der Waals surface area contributed by atoms with Gasteiger partial charge in [0.2, 0.25) is 5.91 Å². The highest BCUT2D eigenvalue weighted by Crippen LogP contribution is 2.21. The minimum absolute atomic E-state index is 0.118. The summed E-state index contributed by atoms with van der Waals surface area (Å²) in [6, 6.07) is 1.70. The fourth-order valence-electron chi connectivity index (χ4n) is 0.943. The van der Waals surface area contributed by atoms with Crippen molar-refractivity contribution in [2.75, 3.05) is 11.9 Å². The summed E-state index contributed by atoms with van der Waals surface area (Å²) in [7, 11) is 0. The maximum atomic E-state index is 10.8. The van der Waals surface area contributed by atoms with Gasteiger partial charge in [0.25, 0.3) is 0 Å². The van der Waals surface area contributed by atoms with Gasteiger partial charge in [0.05, 0.1) is 18.5 Å². The summed E-state index contributed by atoms with van der Waals surface area (Å²) in [4.78, 5) is 14.7. The Labute approximate surface area is 76.9 Å². The van der Waals surface area contributed by atoms with Crippen LogP contribution in [0.4, 0.5) is 5.69 Å². The second-order valence-electron chi connectivity index (χ2n) is 2.49. The van der Waals surface area contributed by atoms with Gasteiger partial charge < -0.3 is 10.1 Å². The summed E-state index contributed by atoms with van der Waals surface area (Å²) in [6.45, 7) is 3.89. The molecule has 0 aliphatic carbocycles. The molecular formula is C9H12N2O2. The molecule has 4 heteroatoms. The van der Waals surface area contributed by atoms with Crippen LogP contribution in [-0.2, 0) is 4.79 Å². The Balaban J connectivity index is 2.84. The van der Waals surface area contributed by atoms with Crippen molar-refractivity contribution in [1.29, 1.82) is 0 Å². The van der Waals surface area contributed by atoms with E-state index < -0.39 is 0 Å². The van der Waals surface area contributed by atoms with Gasteiger partial charge in [0.1, 0.15) is 0 Å². The van der Waals surface area contributed by atoms with E-state index >= 15 is 0 Å². The zero-order valence-corrected chi connectivity index (χ0v) is 7.70. The molecule has 0 spiro atoms. The molecule has 1 heterocycles. The molecule has 0 aromatic carbocycles. The lowest BCUT2D eigenvalue weighted by Gasteiger charge is -2.08. The standard InChI is InChI=1S/C9H12N2O2/c1-3-13-9-6-10-5-4-8(9)11-7(2)12/h4-6H,3H2,1-2H3,(H,10,11,12). The average Bonchev–Trinajstić information content (AvgIpc) is 2.08. The van der Waals surface area contributed by atoms with Crippen LogP contribution in [-0.4, -0.2) is 17.5 Å². The smallest absolute Gasteiger partial charge is 0.221 e. The molecule has 70 valence electrons. The van der Waals surface area contributed by atoms with Gasteiger partial charge in [-0.15, -0.1) is 0 Å². The van der Waals surface area contributed by atoms with E-state index in [0.717, 1.165) is 0 Å². The highest BCUT2D eigenvalue weighted by Gasteiger charge is 2.03. The first kappa shape index (κ1) is 9.51. The highest BCUT2D eigenvalue weighted by molar-refractivity contribution is 5.90. The first-order valence-corrected chi connectivity index (χ1v) is 4.08. The Hall–Kier alpha value is -1.58. The number of rotatable bonds is 3. The first-order chi connectivity index (χ1) is 6.24. The van der Waals surface area contributed by atoms with Gasteiger partial charge in [-0.05, 0) is 13.0 Å². The molecule has 0 radical (unpaired) electrons. The number of nitrogens with one attached hydrogen (secondary N) is 1. The van der Waals surface area contributed by atoms with E-state index in [9.17, 15) is 4.79 Å². The van der Waals surface area contributed by atoms with E-state index in [4.69, 9.17) is 4.74 Å². The molecule has 1 amide bonds. The molecule has 0 atom stereocenters. The summed E-state index contributed by atoms with van der Waals surface area (Å²) in [6.07, 6.45) is 3.18. The molecule has 0 saturated heterocycles. The Morgan fingerprint density at radius 3 is 3.08 bits per heavy atom. The van der Waals surface area contributed by atoms with Crippen LogP contribution in [0.1, 0.15) is 13.8 Å². The Morgan fingerprint density at radius 2 is 2.46 bits per heavy atom. The summed E-state index contributed by atoms with van der Waals surface area (Å²) >= 11 is 0. The molecule has 1 rings (SSSR count). The number of anilines is 1. The zero-order valence-electron chi connectivity index (χ0n) is 7.70. The van der Waals surface area contributed by atoms with Gasteiger partial charge in [-0.3, -0.25) is 9.78 Å². The molecule has 1 aromatic rings. The maximum absolute atomic E-state index is 10.8. The minimum Gasteiger partial charge on any atom is -0.490 e. The zero-order chi connectivity index (χ0) is 9.68. The SMILES string of the molecule is CCOc1cnccc1NC(C)=O. The number of hydrogen-bond donors (Lipinski definition) is 1. The van der Waals surface area contributed by atoms with E-state index in [-0.39, 0.29) is 5.91 Å². The lowest BCUT2D eigenvalue weighted by Crippen LogP contribution is -2.07. The van der Waals surface area contributed by atoms with Crippen LogP contribution >= 0.6 is 0 Å². The maximum Gasteiger partial charge on any atom is 0.221 e. The van der Waals surface area contributed by atoms with Crippen LogP contribution in [0.3, 0.4) is 0 Å². The quantitative estimate of drug-likeness (QED) is 0.765. The highest BCUT2D eigenvalue weighted by atomic mass is 16.5. The largest absolute Gasteiger partial charge is 0.490 e. The molecule has 0 aliphatic rings. The Kier molecular flexibility index (Phi) is 3.25. The molecule has 0 unspecified atom stereocenters. The molecule has 4 nitrogen and oxygen atoms in total. The summed E-state index contributed by atoms with van der Waals surface area (Å²) in [5.74, 6) is 0.479. The van der Waals surface area contributed by atoms with E-state index in [1.54, 1.807) is 18.5 Å². The number of pyridine rings is 1.